The van der Waals surface area contributed by atoms with Crippen LogP contribution in [0, 0.1) is 5.41 Å². The Morgan fingerprint density at radius 1 is 1.22 bits per heavy atom. The second-order valence-electron chi connectivity index (χ2n) is 5.48. The van der Waals surface area contributed by atoms with E-state index in [1.807, 2.05) is 32.3 Å². The third-order valence-electron chi connectivity index (χ3n) is 3.07. The van der Waals surface area contributed by atoms with Crippen LogP contribution in [0.5, 0.6) is 0 Å². The number of nitrogens with one attached hydrogen (secondary N) is 1. The van der Waals surface area contributed by atoms with Crippen LogP contribution in [-0.4, -0.2) is 23.2 Å². The molecular weight excluding hydrogens is 224 g/mol. The lowest BCUT2D eigenvalue weighted by Gasteiger charge is -2.22. The standard InChI is InChI=1S/C15H20N2O/c1-15(2,11-18)10-17-8-12-3-4-14-9-16-6-5-13(14)7-12/h3-7,9,17-18H,8,10-11H2,1-2H3. The Kier molecular flexibility index (Phi) is 3.94. The third-order valence-corrected chi connectivity index (χ3v) is 3.07. The first-order chi connectivity index (χ1) is 8.61. The number of aliphatic hydroxyl groups is 1. The average Bonchev–Trinajstić information content (AvgIpc) is 2.38. The van der Waals surface area contributed by atoms with Gasteiger partial charge >= 0.3 is 0 Å². The van der Waals surface area contributed by atoms with Crippen molar-refractivity contribution in [3.63, 3.8) is 0 Å². The maximum absolute atomic E-state index is 9.19. The summed E-state index contributed by atoms with van der Waals surface area (Å²) in [4.78, 5) is 4.10. The van der Waals surface area contributed by atoms with Crippen LogP contribution in [0.4, 0.5) is 0 Å². The lowest BCUT2D eigenvalue weighted by atomic mass is 9.95. The second kappa shape index (κ2) is 5.46. The van der Waals surface area contributed by atoms with E-state index in [4.69, 9.17) is 0 Å². The number of rotatable bonds is 5. The molecule has 0 saturated heterocycles. The fourth-order valence-corrected chi connectivity index (χ4v) is 1.84. The van der Waals surface area contributed by atoms with Crippen LogP contribution < -0.4 is 5.32 Å². The van der Waals surface area contributed by atoms with Gasteiger partial charge in [-0.1, -0.05) is 26.0 Å². The quantitative estimate of drug-likeness (QED) is 0.848. The summed E-state index contributed by atoms with van der Waals surface area (Å²) in [7, 11) is 0. The molecule has 0 unspecified atom stereocenters. The summed E-state index contributed by atoms with van der Waals surface area (Å²) in [6, 6.07) is 8.41. The summed E-state index contributed by atoms with van der Waals surface area (Å²) in [5.74, 6) is 0. The van der Waals surface area contributed by atoms with E-state index in [1.54, 1.807) is 0 Å². The highest BCUT2D eigenvalue weighted by molar-refractivity contribution is 5.81. The summed E-state index contributed by atoms with van der Waals surface area (Å²) >= 11 is 0. The number of aliphatic hydroxyl groups excluding tert-OH is 1. The molecule has 0 aliphatic heterocycles. The van der Waals surface area contributed by atoms with Crippen molar-refractivity contribution in [1.82, 2.24) is 10.3 Å². The van der Waals surface area contributed by atoms with Crippen molar-refractivity contribution in [2.24, 2.45) is 5.41 Å². The summed E-state index contributed by atoms with van der Waals surface area (Å²) in [5.41, 5.74) is 1.18. The monoisotopic (exact) mass is 244 g/mol. The number of benzene rings is 1. The minimum Gasteiger partial charge on any atom is -0.396 e. The molecule has 2 N–H and O–H groups in total. The van der Waals surface area contributed by atoms with Gasteiger partial charge in [0, 0.05) is 42.9 Å². The van der Waals surface area contributed by atoms with Crippen molar-refractivity contribution in [2.45, 2.75) is 20.4 Å². The highest BCUT2D eigenvalue weighted by atomic mass is 16.3. The zero-order valence-electron chi connectivity index (χ0n) is 11.0. The summed E-state index contributed by atoms with van der Waals surface area (Å²) < 4.78 is 0. The second-order valence-corrected chi connectivity index (χ2v) is 5.48. The molecule has 2 aromatic rings. The first-order valence-corrected chi connectivity index (χ1v) is 6.25. The third kappa shape index (κ3) is 3.28. The zero-order valence-corrected chi connectivity index (χ0v) is 11.0. The Morgan fingerprint density at radius 2 is 2.06 bits per heavy atom. The first kappa shape index (κ1) is 13.0. The van der Waals surface area contributed by atoms with E-state index in [9.17, 15) is 5.11 Å². The molecule has 3 nitrogen and oxygen atoms in total. The van der Waals surface area contributed by atoms with Crippen LogP contribution in [0.2, 0.25) is 0 Å². The molecular formula is C15H20N2O. The predicted molar refractivity (Wildman–Crippen MR) is 74.3 cm³/mol. The van der Waals surface area contributed by atoms with Crippen LogP contribution in [0.25, 0.3) is 10.8 Å². The van der Waals surface area contributed by atoms with E-state index in [-0.39, 0.29) is 12.0 Å². The summed E-state index contributed by atoms with van der Waals surface area (Å²) in [6.45, 7) is 5.92. The van der Waals surface area contributed by atoms with Crippen molar-refractivity contribution < 1.29 is 5.11 Å². The molecule has 0 spiro atoms. The number of aromatic nitrogens is 1. The molecule has 0 aliphatic carbocycles. The average molecular weight is 244 g/mol. The van der Waals surface area contributed by atoms with E-state index in [2.05, 4.69) is 28.5 Å². The molecule has 18 heavy (non-hydrogen) atoms. The topological polar surface area (TPSA) is 45.1 Å². The molecule has 96 valence electrons. The fourth-order valence-electron chi connectivity index (χ4n) is 1.84. The summed E-state index contributed by atoms with van der Waals surface area (Å²) in [5, 5.41) is 14.9. The minimum absolute atomic E-state index is 0.0687. The highest BCUT2D eigenvalue weighted by Crippen LogP contribution is 2.15. The molecule has 0 amide bonds. The lowest BCUT2D eigenvalue weighted by Crippen LogP contribution is -2.31. The van der Waals surface area contributed by atoms with Crippen LogP contribution in [0.3, 0.4) is 0 Å². The van der Waals surface area contributed by atoms with Crippen LogP contribution in [0.1, 0.15) is 19.4 Å². The number of hydrogen-bond donors (Lipinski definition) is 2. The van der Waals surface area contributed by atoms with E-state index in [1.165, 1.54) is 10.9 Å². The number of hydrogen-bond acceptors (Lipinski definition) is 3. The Hall–Kier alpha value is -1.45. The zero-order chi connectivity index (χ0) is 13.0. The van der Waals surface area contributed by atoms with E-state index in [0.717, 1.165) is 18.5 Å². The summed E-state index contributed by atoms with van der Waals surface area (Å²) in [6.07, 6.45) is 3.69. The molecule has 0 fully saturated rings. The maximum atomic E-state index is 9.19. The van der Waals surface area contributed by atoms with Crippen LogP contribution in [0.15, 0.2) is 36.7 Å². The molecule has 1 aromatic heterocycles. The van der Waals surface area contributed by atoms with Gasteiger partial charge in [0.15, 0.2) is 0 Å². The van der Waals surface area contributed by atoms with Gasteiger partial charge in [-0.3, -0.25) is 4.98 Å². The van der Waals surface area contributed by atoms with Crippen molar-refractivity contribution >= 4 is 10.8 Å². The predicted octanol–water partition coefficient (Wildman–Crippen LogP) is 2.34. The molecule has 1 aromatic carbocycles. The molecule has 0 atom stereocenters. The van der Waals surface area contributed by atoms with Gasteiger partial charge in [0.25, 0.3) is 0 Å². The van der Waals surface area contributed by atoms with Gasteiger partial charge in [0.1, 0.15) is 0 Å². The van der Waals surface area contributed by atoms with E-state index in [0.29, 0.717) is 0 Å². The van der Waals surface area contributed by atoms with Gasteiger partial charge in [-0.2, -0.15) is 0 Å². The van der Waals surface area contributed by atoms with Gasteiger partial charge in [-0.25, -0.2) is 0 Å². The van der Waals surface area contributed by atoms with Gasteiger partial charge < -0.3 is 10.4 Å². The van der Waals surface area contributed by atoms with Gasteiger partial charge in [-0.15, -0.1) is 0 Å². The molecule has 2 rings (SSSR count). The van der Waals surface area contributed by atoms with Crippen molar-refractivity contribution in [3.05, 3.63) is 42.2 Å². The smallest absolute Gasteiger partial charge is 0.0494 e. The highest BCUT2D eigenvalue weighted by Gasteiger charge is 2.15. The van der Waals surface area contributed by atoms with Crippen LogP contribution in [-0.2, 0) is 6.54 Å². The van der Waals surface area contributed by atoms with Gasteiger partial charge in [0.2, 0.25) is 0 Å². The number of fused-ring (bicyclic) bond motifs is 1. The lowest BCUT2D eigenvalue weighted by molar-refractivity contribution is 0.156. The van der Waals surface area contributed by atoms with Crippen molar-refractivity contribution in [2.75, 3.05) is 13.2 Å². The fraction of sp³-hybridized carbons (Fsp3) is 0.400. The SMILES string of the molecule is CC(C)(CO)CNCc1ccc2cnccc2c1. The van der Waals surface area contributed by atoms with Crippen LogP contribution >= 0.6 is 0 Å². The van der Waals surface area contributed by atoms with Gasteiger partial charge in [-0.05, 0) is 23.1 Å². The van der Waals surface area contributed by atoms with E-state index >= 15 is 0 Å². The Morgan fingerprint density at radius 3 is 2.83 bits per heavy atom. The number of pyridine rings is 1. The first-order valence-electron chi connectivity index (χ1n) is 6.25. The molecule has 1 heterocycles. The Bertz CT molecular complexity index is 523. The molecule has 0 radical (unpaired) electrons. The molecule has 0 saturated carbocycles. The van der Waals surface area contributed by atoms with E-state index < -0.39 is 0 Å². The van der Waals surface area contributed by atoms with Crippen molar-refractivity contribution in [1.29, 1.82) is 0 Å². The largest absolute Gasteiger partial charge is 0.396 e. The molecule has 0 bridgehead atoms. The normalized spacial score (nSPS) is 11.9. The Balaban J connectivity index is 2.00. The Labute approximate surface area is 108 Å². The molecule has 3 heteroatoms. The van der Waals surface area contributed by atoms with Crippen molar-refractivity contribution in [3.8, 4) is 0 Å². The minimum atomic E-state index is -0.0687. The van der Waals surface area contributed by atoms with Gasteiger partial charge in [0.05, 0.1) is 0 Å². The maximum Gasteiger partial charge on any atom is 0.0494 e. The number of nitrogens with zero attached hydrogens (tertiary/aromatic N) is 1. The molecule has 0 aliphatic rings.